The molecule has 0 spiro atoms. The smallest absolute Gasteiger partial charge is 0.164 e. The highest BCUT2D eigenvalue weighted by molar-refractivity contribution is 5.74. The van der Waals surface area contributed by atoms with Crippen LogP contribution in [-0.2, 0) is 0 Å². The van der Waals surface area contributed by atoms with E-state index < -0.39 is 0 Å². The molecule has 0 radical (unpaired) electrons. The molecule has 0 saturated carbocycles. The van der Waals surface area contributed by atoms with E-state index in [1.165, 1.54) is 10.9 Å². The van der Waals surface area contributed by atoms with Gasteiger partial charge >= 0.3 is 0 Å². The van der Waals surface area contributed by atoms with Crippen LogP contribution in [0.2, 0.25) is 0 Å². The molecular formula is C10H8FN3O. The number of halogens is 1. The number of hydrogen-bond donors (Lipinski definition) is 0. The van der Waals surface area contributed by atoms with Crippen molar-refractivity contribution < 1.29 is 9.18 Å². The average Bonchev–Trinajstić information content (AvgIpc) is 2.60. The lowest BCUT2D eigenvalue weighted by atomic mass is 10.3. The predicted octanol–water partition coefficient (Wildman–Crippen LogP) is 1.53. The second-order valence-corrected chi connectivity index (χ2v) is 3.06. The number of aromatic nitrogens is 3. The second-order valence-electron chi connectivity index (χ2n) is 3.06. The Bertz CT molecular complexity index is 490. The number of carbonyl (C=O) groups excluding carboxylic acids is 1. The van der Waals surface area contributed by atoms with Crippen molar-refractivity contribution in [3.63, 3.8) is 0 Å². The van der Waals surface area contributed by atoms with E-state index in [1.807, 2.05) is 0 Å². The number of aldehydes is 1. The molecule has 2 aromatic rings. The van der Waals surface area contributed by atoms with E-state index in [9.17, 15) is 9.18 Å². The SMILES string of the molecule is Cc1c(F)cnn1-c1ccc(C=O)cn1. The summed E-state index contributed by atoms with van der Waals surface area (Å²) < 4.78 is 14.4. The second kappa shape index (κ2) is 3.61. The molecule has 0 aromatic carbocycles. The molecular weight excluding hydrogens is 197 g/mol. The van der Waals surface area contributed by atoms with Crippen LogP contribution in [0.15, 0.2) is 24.5 Å². The van der Waals surface area contributed by atoms with Crippen LogP contribution in [0, 0.1) is 12.7 Å². The van der Waals surface area contributed by atoms with Crippen molar-refractivity contribution in [1.82, 2.24) is 14.8 Å². The first kappa shape index (κ1) is 9.51. The molecule has 0 aliphatic rings. The molecule has 15 heavy (non-hydrogen) atoms. The summed E-state index contributed by atoms with van der Waals surface area (Å²) >= 11 is 0. The van der Waals surface area contributed by atoms with Gasteiger partial charge in [0.15, 0.2) is 17.9 Å². The van der Waals surface area contributed by atoms with Crippen LogP contribution >= 0.6 is 0 Å². The van der Waals surface area contributed by atoms with E-state index in [2.05, 4.69) is 10.1 Å². The van der Waals surface area contributed by atoms with Crippen LogP contribution in [0.3, 0.4) is 0 Å². The molecule has 0 amide bonds. The zero-order chi connectivity index (χ0) is 10.8. The molecule has 76 valence electrons. The Labute approximate surface area is 85.4 Å². The van der Waals surface area contributed by atoms with Crippen molar-refractivity contribution in [2.24, 2.45) is 0 Å². The molecule has 0 aliphatic heterocycles. The van der Waals surface area contributed by atoms with Gasteiger partial charge in [-0.3, -0.25) is 4.79 Å². The normalized spacial score (nSPS) is 10.3. The van der Waals surface area contributed by atoms with E-state index >= 15 is 0 Å². The summed E-state index contributed by atoms with van der Waals surface area (Å²) in [5.74, 6) is 0.110. The minimum Gasteiger partial charge on any atom is -0.298 e. The largest absolute Gasteiger partial charge is 0.298 e. The topological polar surface area (TPSA) is 47.8 Å². The van der Waals surface area contributed by atoms with Gasteiger partial charge in [0.1, 0.15) is 0 Å². The predicted molar refractivity (Wildman–Crippen MR) is 51.4 cm³/mol. The minimum atomic E-state index is -0.378. The molecule has 0 aliphatic carbocycles. The average molecular weight is 205 g/mol. The first-order chi connectivity index (χ1) is 7.22. The number of hydrogen-bond acceptors (Lipinski definition) is 3. The highest BCUT2D eigenvalue weighted by atomic mass is 19.1. The van der Waals surface area contributed by atoms with E-state index in [0.29, 0.717) is 23.4 Å². The van der Waals surface area contributed by atoms with E-state index in [4.69, 9.17) is 0 Å². The van der Waals surface area contributed by atoms with Gasteiger partial charge < -0.3 is 0 Å². The standard InChI is InChI=1S/C10H8FN3O/c1-7-9(11)5-13-14(7)10-3-2-8(6-15)4-12-10/h2-6H,1H3. The zero-order valence-corrected chi connectivity index (χ0v) is 8.01. The van der Waals surface area contributed by atoms with Gasteiger partial charge in [-0.15, -0.1) is 0 Å². The minimum absolute atomic E-state index is 0.378. The summed E-state index contributed by atoms with van der Waals surface area (Å²) in [5.41, 5.74) is 0.866. The lowest BCUT2D eigenvalue weighted by Crippen LogP contribution is -2.02. The maximum absolute atomic E-state index is 13.0. The highest BCUT2D eigenvalue weighted by Crippen LogP contribution is 2.10. The van der Waals surface area contributed by atoms with Crippen molar-refractivity contribution in [2.45, 2.75) is 6.92 Å². The Kier molecular flexibility index (Phi) is 2.29. The molecule has 2 rings (SSSR count). The van der Waals surface area contributed by atoms with Gasteiger partial charge in [0.2, 0.25) is 0 Å². The number of rotatable bonds is 2. The third kappa shape index (κ3) is 1.63. The molecule has 4 nitrogen and oxygen atoms in total. The number of pyridine rings is 1. The summed E-state index contributed by atoms with van der Waals surface area (Å²) in [5, 5.41) is 3.83. The molecule has 0 unspecified atom stereocenters. The van der Waals surface area contributed by atoms with Gasteiger partial charge in [0.05, 0.1) is 11.9 Å². The van der Waals surface area contributed by atoms with E-state index in [0.717, 1.165) is 6.20 Å². The maximum atomic E-state index is 13.0. The quantitative estimate of drug-likeness (QED) is 0.698. The molecule has 0 fully saturated rings. The van der Waals surface area contributed by atoms with Gasteiger partial charge in [-0.05, 0) is 19.1 Å². The number of carbonyl (C=O) groups is 1. The van der Waals surface area contributed by atoms with Crippen molar-refractivity contribution in [3.8, 4) is 5.82 Å². The van der Waals surface area contributed by atoms with Crippen molar-refractivity contribution >= 4 is 6.29 Å². The van der Waals surface area contributed by atoms with Gasteiger partial charge in [0, 0.05) is 11.8 Å². The fraction of sp³-hybridized carbons (Fsp3) is 0.100. The number of nitrogens with zero attached hydrogens (tertiary/aromatic N) is 3. The van der Waals surface area contributed by atoms with Gasteiger partial charge in [-0.1, -0.05) is 0 Å². The molecule has 2 heterocycles. The monoisotopic (exact) mass is 205 g/mol. The van der Waals surface area contributed by atoms with Crippen molar-refractivity contribution in [1.29, 1.82) is 0 Å². The summed E-state index contributed by atoms with van der Waals surface area (Å²) in [6.07, 6.45) is 3.25. The third-order valence-corrected chi connectivity index (χ3v) is 2.07. The zero-order valence-electron chi connectivity index (χ0n) is 8.01. The fourth-order valence-corrected chi connectivity index (χ4v) is 1.21. The van der Waals surface area contributed by atoms with Crippen LogP contribution in [-0.4, -0.2) is 21.1 Å². The first-order valence-corrected chi connectivity index (χ1v) is 4.34. The molecule has 0 atom stereocenters. The van der Waals surface area contributed by atoms with Gasteiger partial charge in [0.25, 0.3) is 0 Å². The lowest BCUT2D eigenvalue weighted by Gasteiger charge is -2.02. The Morgan fingerprint density at radius 2 is 2.20 bits per heavy atom. The Hall–Kier alpha value is -2.04. The molecule has 0 N–H and O–H groups in total. The highest BCUT2D eigenvalue weighted by Gasteiger charge is 2.07. The fourth-order valence-electron chi connectivity index (χ4n) is 1.21. The lowest BCUT2D eigenvalue weighted by molar-refractivity contribution is 0.112. The van der Waals surface area contributed by atoms with E-state index in [1.54, 1.807) is 19.1 Å². The van der Waals surface area contributed by atoms with E-state index in [-0.39, 0.29) is 5.82 Å². The molecule has 0 bridgehead atoms. The van der Waals surface area contributed by atoms with Crippen LogP contribution in [0.1, 0.15) is 16.1 Å². The summed E-state index contributed by atoms with van der Waals surface area (Å²) in [7, 11) is 0. The van der Waals surface area contributed by atoms with Crippen LogP contribution in [0.4, 0.5) is 4.39 Å². The summed E-state index contributed by atoms with van der Waals surface area (Å²) in [6.45, 7) is 1.61. The molecule has 5 heteroatoms. The Balaban J connectivity index is 2.45. The third-order valence-electron chi connectivity index (χ3n) is 2.07. The van der Waals surface area contributed by atoms with Crippen LogP contribution in [0.25, 0.3) is 5.82 Å². The molecule has 0 saturated heterocycles. The van der Waals surface area contributed by atoms with Crippen LogP contribution < -0.4 is 0 Å². The van der Waals surface area contributed by atoms with Crippen molar-refractivity contribution in [3.05, 3.63) is 41.6 Å². The maximum Gasteiger partial charge on any atom is 0.164 e. The van der Waals surface area contributed by atoms with Gasteiger partial charge in [-0.25, -0.2) is 14.1 Å². The summed E-state index contributed by atoms with van der Waals surface area (Å²) in [4.78, 5) is 14.4. The Morgan fingerprint density at radius 3 is 2.67 bits per heavy atom. The van der Waals surface area contributed by atoms with Gasteiger partial charge in [-0.2, -0.15) is 5.10 Å². The van der Waals surface area contributed by atoms with Crippen LogP contribution in [0.5, 0.6) is 0 Å². The molecule has 2 aromatic heterocycles. The summed E-state index contributed by atoms with van der Waals surface area (Å²) in [6, 6.07) is 3.22. The first-order valence-electron chi connectivity index (χ1n) is 4.34. The van der Waals surface area contributed by atoms with Crippen molar-refractivity contribution in [2.75, 3.05) is 0 Å². The Morgan fingerprint density at radius 1 is 1.40 bits per heavy atom.